The van der Waals surface area contributed by atoms with Gasteiger partial charge in [-0.2, -0.15) is 0 Å². The van der Waals surface area contributed by atoms with Crippen molar-refractivity contribution in [1.29, 1.82) is 0 Å². The highest BCUT2D eigenvalue weighted by molar-refractivity contribution is 5.85. The number of nitrogens with two attached hydrogens (primary N) is 1. The number of hydrogen-bond acceptors (Lipinski definition) is 4. The highest BCUT2D eigenvalue weighted by atomic mass is 35.5. The quantitative estimate of drug-likeness (QED) is 0.770. The van der Waals surface area contributed by atoms with E-state index in [0.29, 0.717) is 31.0 Å². The van der Waals surface area contributed by atoms with E-state index in [9.17, 15) is 4.79 Å². The smallest absolute Gasteiger partial charge is 0.222 e. The Kier molecular flexibility index (Phi) is 9.56. The fourth-order valence-corrected chi connectivity index (χ4v) is 4.33. The van der Waals surface area contributed by atoms with Gasteiger partial charge < -0.3 is 15.4 Å². The maximum atomic E-state index is 12.6. The summed E-state index contributed by atoms with van der Waals surface area (Å²) in [5, 5.41) is 0. The SMILES string of the molecule is Cl.NCCN(C1CCOCC1)C1CCN(C(=O)CCc2ccccc2)CC1. The zero-order chi connectivity index (χ0) is 18.2. The molecule has 1 amide bonds. The lowest BCUT2D eigenvalue weighted by Crippen LogP contribution is -2.52. The predicted octanol–water partition coefficient (Wildman–Crippen LogP) is 2.47. The Hall–Kier alpha value is -1.14. The number of piperidine rings is 1. The van der Waals surface area contributed by atoms with Crippen molar-refractivity contribution in [3.05, 3.63) is 35.9 Å². The molecular weight excluding hydrogens is 362 g/mol. The average molecular weight is 396 g/mol. The Bertz CT molecular complexity index is 544. The van der Waals surface area contributed by atoms with Crippen LogP contribution in [0.1, 0.15) is 37.7 Å². The molecule has 2 aliphatic heterocycles. The minimum Gasteiger partial charge on any atom is -0.381 e. The molecule has 6 heteroatoms. The van der Waals surface area contributed by atoms with Crippen LogP contribution in [-0.2, 0) is 16.0 Å². The van der Waals surface area contributed by atoms with Gasteiger partial charge in [0.05, 0.1) is 0 Å². The lowest BCUT2D eigenvalue weighted by atomic mass is 9.97. The van der Waals surface area contributed by atoms with Gasteiger partial charge in [-0.25, -0.2) is 0 Å². The third-order valence-electron chi connectivity index (χ3n) is 5.80. The van der Waals surface area contributed by atoms with E-state index < -0.39 is 0 Å². The van der Waals surface area contributed by atoms with Crippen molar-refractivity contribution in [2.24, 2.45) is 5.73 Å². The Balaban J connectivity index is 0.00000261. The van der Waals surface area contributed by atoms with Crippen molar-refractivity contribution >= 4 is 18.3 Å². The molecule has 1 aromatic carbocycles. The summed E-state index contributed by atoms with van der Waals surface area (Å²) >= 11 is 0. The first-order chi connectivity index (χ1) is 12.8. The van der Waals surface area contributed by atoms with E-state index in [2.05, 4.69) is 21.9 Å². The fourth-order valence-electron chi connectivity index (χ4n) is 4.33. The Morgan fingerprint density at radius 1 is 1.07 bits per heavy atom. The second kappa shape index (κ2) is 11.6. The molecule has 0 atom stereocenters. The molecule has 152 valence electrons. The summed E-state index contributed by atoms with van der Waals surface area (Å²) in [7, 11) is 0. The number of ether oxygens (including phenoxy) is 1. The highest BCUT2D eigenvalue weighted by Crippen LogP contribution is 2.24. The highest BCUT2D eigenvalue weighted by Gasteiger charge is 2.31. The van der Waals surface area contributed by atoms with Crippen molar-refractivity contribution in [3.63, 3.8) is 0 Å². The van der Waals surface area contributed by atoms with Crippen molar-refractivity contribution < 1.29 is 9.53 Å². The zero-order valence-corrected chi connectivity index (χ0v) is 17.0. The molecule has 0 saturated carbocycles. The molecule has 3 rings (SSSR count). The van der Waals surface area contributed by atoms with Crippen LogP contribution in [0.3, 0.4) is 0 Å². The zero-order valence-electron chi connectivity index (χ0n) is 16.2. The van der Waals surface area contributed by atoms with Crippen LogP contribution >= 0.6 is 12.4 Å². The molecule has 1 aromatic rings. The van der Waals surface area contributed by atoms with Crippen molar-refractivity contribution in [1.82, 2.24) is 9.80 Å². The van der Waals surface area contributed by atoms with E-state index in [4.69, 9.17) is 10.5 Å². The standard InChI is InChI=1S/C21H33N3O2.ClH/c22-12-15-24(20-10-16-26-17-11-20)19-8-13-23(14-9-19)21(25)7-6-18-4-2-1-3-5-18;/h1-5,19-20H,6-17,22H2;1H. The van der Waals surface area contributed by atoms with E-state index in [1.54, 1.807) is 0 Å². The molecule has 2 N–H and O–H groups in total. The van der Waals surface area contributed by atoms with Gasteiger partial charge >= 0.3 is 0 Å². The maximum Gasteiger partial charge on any atom is 0.222 e. The molecule has 27 heavy (non-hydrogen) atoms. The van der Waals surface area contributed by atoms with Crippen molar-refractivity contribution in [3.8, 4) is 0 Å². The molecule has 2 aliphatic rings. The number of amides is 1. The number of nitrogens with zero attached hydrogens (tertiary/aromatic N) is 2. The van der Waals surface area contributed by atoms with Crippen LogP contribution in [0.2, 0.25) is 0 Å². The minimum absolute atomic E-state index is 0. The largest absolute Gasteiger partial charge is 0.381 e. The lowest BCUT2D eigenvalue weighted by molar-refractivity contribution is -0.133. The summed E-state index contributed by atoms with van der Waals surface area (Å²) < 4.78 is 5.52. The molecule has 2 saturated heterocycles. The van der Waals surface area contributed by atoms with Crippen LogP contribution in [-0.4, -0.2) is 67.2 Å². The normalized spacial score (nSPS) is 19.1. The van der Waals surface area contributed by atoms with Crippen LogP contribution in [0, 0.1) is 0 Å². The number of rotatable bonds is 7. The fraction of sp³-hybridized carbons (Fsp3) is 0.667. The number of halogens is 1. The Labute approximate surface area is 169 Å². The molecule has 2 fully saturated rings. The van der Waals surface area contributed by atoms with Gasteiger partial charge in [-0.1, -0.05) is 30.3 Å². The Morgan fingerprint density at radius 3 is 2.33 bits per heavy atom. The topological polar surface area (TPSA) is 58.8 Å². The van der Waals surface area contributed by atoms with Gasteiger partial charge in [0, 0.05) is 57.9 Å². The average Bonchev–Trinajstić information content (AvgIpc) is 2.72. The first-order valence-electron chi connectivity index (χ1n) is 10.1. The molecule has 0 unspecified atom stereocenters. The van der Waals surface area contributed by atoms with Gasteiger partial charge in [0.1, 0.15) is 0 Å². The number of hydrogen-bond donors (Lipinski definition) is 1. The van der Waals surface area contributed by atoms with Crippen LogP contribution in [0.15, 0.2) is 30.3 Å². The minimum atomic E-state index is 0. The maximum absolute atomic E-state index is 12.6. The molecule has 0 bridgehead atoms. The van der Waals surface area contributed by atoms with Gasteiger partial charge in [0.2, 0.25) is 5.91 Å². The predicted molar refractivity (Wildman–Crippen MR) is 111 cm³/mol. The molecule has 0 aromatic heterocycles. The van der Waals surface area contributed by atoms with Crippen LogP contribution < -0.4 is 5.73 Å². The van der Waals surface area contributed by atoms with Gasteiger partial charge in [-0.05, 0) is 37.7 Å². The van der Waals surface area contributed by atoms with E-state index >= 15 is 0 Å². The molecule has 5 nitrogen and oxygen atoms in total. The summed E-state index contributed by atoms with van der Waals surface area (Å²) in [6.45, 7) is 5.14. The third-order valence-corrected chi connectivity index (χ3v) is 5.80. The second-order valence-electron chi connectivity index (χ2n) is 7.47. The number of aryl methyl sites for hydroxylation is 1. The number of carbonyl (C=O) groups is 1. The Morgan fingerprint density at radius 2 is 1.70 bits per heavy atom. The summed E-state index contributed by atoms with van der Waals surface area (Å²) in [5.41, 5.74) is 7.12. The van der Waals surface area contributed by atoms with Crippen molar-refractivity contribution in [2.45, 2.75) is 50.6 Å². The summed E-state index contributed by atoms with van der Waals surface area (Å²) in [6.07, 6.45) is 5.79. The number of likely N-dealkylation sites (tertiary alicyclic amines) is 1. The van der Waals surface area contributed by atoms with Crippen molar-refractivity contribution in [2.75, 3.05) is 39.4 Å². The van der Waals surface area contributed by atoms with Gasteiger partial charge in [-0.3, -0.25) is 9.69 Å². The monoisotopic (exact) mass is 395 g/mol. The summed E-state index contributed by atoms with van der Waals surface area (Å²) in [6, 6.07) is 11.4. The number of carbonyl (C=O) groups excluding carboxylic acids is 1. The van der Waals surface area contributed by atoms with Crippen LogP contribution in [0.4, 0.5) is 0 Å². The molecular formula is C21H34ClN3O2. The number of benzene rings is 1. The summed E-state index contributed by atoms with van der Waals surface area (Å²) in [4.78, 5) is 17.2. The molecule has 2 heterocycles. The van der Waals surface area contributed by atoms with Gasteiger partial charge in [0.15, 0.2) is 0 Å². The van der Waals surface area contributed by atoms with Gasteiger partial charge in [0.25, 0.3) is 0 Å². The molecule has 0 radical (unpaired) electrons. The van der Waals surface area contributed by atoms with E-state index in [1.807, 2.05) is 18.2 Å². The van der Waals surface area contributed by atoms with E-state index in [0.717, 1.165) is 65.0 Å². The first-order valence-corrected chi connectivity index (χ1v) is 10.1. The van der Waals surface area contributed by atoms with E-state index in [-0.39, 0.29) is 12.4 Å². The molecule has 0 aliphatic carbocycles. The second-order valence-corrected chi connectivity index (χ2v) is 7.47. The summed E-state index contributed by atoms with van der Waals surface area (Å²) in [5.74, 6) is 0.295. The van der Waals surface area contributed by atoms with E-state index in [1.165, 1.54) is 5.56 Å². The van der Waals surface area contributed by atoms with Crippen LogP contribution in [0.5, 0.6) is 0 Å². The molecule has 0 spiro atoms. The first kappa shape index (κ1) is 22.2. The van der Waals surface area contributed by atoms with Gasteiger partial charge in [-0.15, -0.1) is 12.4 Å². The van der Waals surface area contributed by atoms with Crippen LogP contribution in [0.25, 0.3) is 0 Å². The lowest BCUT2D eigenvalue weighted by Gasteiger charge is -2.43. The third kappa shape index (κ3) is 6.46.